The average molecular weight is 145 g/mol. The largest absolute Gasteiger partial charge is 0.284 e. The Morgan fingerprint density at radius 1 is 1.22 bits per heavy atom. The van der Waals surface area contributed by atoms with E-state index in [0.29, 0.717) is 11.3 Å². The van der Waals surface area contributed by atoms with E-state index in [-0.39, 0.29) is 0 Å². The molecule has 0 saturated heterocycles. The molecule has 0 aromatic carbocycles. The Morgan fingerprint density at radius 3 is 2.11 bits per heavy atom. The third kappa shape index (κ3) is 8.02. The number of nitrogens with zero attached hydrogens (tertiary/aromatic N) is 1. The Labute approximate surface area is 61.9 Å². The quantitative estimate of drug-likeness (QED) is 0.439. The first-order valence-electron chi connectivity index (χ1n) is 3.30. The van der Waals surface area contributed by atoms with Gasteiger partial charge in [-0.3, -0.25) is 4.99 Å². The number of aliphatic imine (C=N–C) groups is 1. The molecular weight excluding hydrogens is 130 g/mol. The summed E-state index contributed by atoms with van der Waals surface area (Å²) in [5, 5.41) is 0.660. The van der Waals surface area contributed by atoms with Gasteiger partial charge >= 0.3 is 0 Å². The minimum absolute atomic E-state index is 0.441. The first-order valence-corrected chi connectivity index (χ1v) is 4.24. The molecule has 0 aromatic heterocycles. The van der Waals surface area contributed by atoms with Crippen molar-refractivity contribution in [2.75, 3.05) is 0 Å². The maximum absolute atomic E-state index is 4.20. The number of thioether (sulfide) groups is 1. The molecule has 9 heavy (non-hydrogen) atoms. The second-order valence-corrected chi connectivity index (χ2v) is 3.96. The van der Waals surface area contributed by atoms with Crippen molar-refractivity contribution in [2.45, 2.75) is 39.0 Å². The summed E-state index contributed by atoms with van der Waals surface area (Å²) in [6.45, 7) is 8.49. The van der Waals surface area contributed by atoms with E-state index >= 15 is 0 Å². The number of hydrogen-bond donors (Lipinski definition) is 0. The van der Waals surface area contributed by atoms with E-state index in [4.69, 9.17) is 0 Å². The van der Waals surface area contributed by atoms with E-state index in [1.807, 2.05) is 5.55 Å². The van der Waals surface area contributed by atoms with Crippen molar-refractivity contribution in [3.05, 3.63) is 0 Å². The molecule has 0 unspecified atom stereocenters. The Hall–Kier alpha value is 0.0200. The van der Waals surface area contributed by atoms with Gasteiger partial charge in [0.2, 0.25) is 0 Å². The predicted molar refractivity (Wildman–Crippen MR) is 46.4 cm³/mol. The molecule has 0 bridgehead atoms. The Morgan fingerprint density at radius 2 is 1.78 bits per heavy atom. The van der Waals surface area contributed by atoms with Gasteiger partial charge in [-0.2, -0.15) is 0 Å². The van der Waals surface area contributed by atoms with Crippen molar-refractivity contribution < 1.29 is 0 Å². The standard InChI is InChI=1S/C7H15NS/c1-6(2)8-5-9-7(3)4/h5-7H,1-4H3. The molecule has 0 fully saturated rings. The predicted octanol–water partition coefficient (Wildman–Crippen LogP) is 2.56. The lowest BCUT2D eigenvalue weighted by Gasteiger charge is -1.97. The van der Waals surface area contributed by atoms with Crippen molar-refractivity contribution in [1.82, 2.24) is 0 Å². The van der Waals surface area contributed by atoms with Gasteiger partial charge in [-0.1, -0.05) is 13.8 Å². The fraction of sp³-hybridized carbons (Fsp3) is 0.857. The van der Waals surface area contributed by atoms with Gasteiger partial charge in [-0.25, -0.2) is 0 Å². The topological polar surface area (TPSA) is 12.4 Å². The highest BCUT2D eigenvalue weighted by atomic mass is 32.2. The molecule has 0 aromatic rings. The van der Waals surface area contributed by atoms with Gasteiger partial charge < -0.3 is 0 Å². The van der Waals surface area contributed by atoms with E-state index in [0.717, 1.165) is 0 Å². The number of hydrogen-bond acceptors (Lipinski definition) is 2. The van der Waals surface area contributed by atoms with Crippen LogP contribution in [0.15, 0.2) is 4.99 Å². The van der Waals surface area contributed by atoms with Crippen LogP contribution in [-0.2, 0) is 0 Å². The Balaban J connectivity index is 3.25. The van der Waals surface area contributed by atoms with Crippen molar-refractivity contribution >= 4 is 17.3 Å². The van der Waals surface area contributed by atoms with Crippen molar-refractivity contribution in [3.8, 4) is 0 Å². The van der Waals surface area contributed by atoms with Crippen LogP contribution < -0.4 is 0 Å². The van der Waals surface area contributed by atoms with Crippen LogP contribution in [0.3, 0.4) is 0 Å². The van der Waals surface area contributed by atoms with Crippen LogP contribution in [-0.4, -0.2) is 16.8 Å². The first kappa shape index (κ1) is 9.02. The second kappa shape index (κ2) is 4.86. The molecule has 0 N–H and O–H groups in total. The smallest absolute Gasteiger partial charge is 0.0546 e. The minimum atomic E-state index is 0.441. The highest BCUT2D eigenvalue weighted by molar-refractivity contribution is 8.12. The molecule has 2 heteroatoms. The van der Waals surface area contributed by atoms with Gasteiger partial charge in [-0.15, -0.1) is 11.8 Å². The van der Waals surface area contributed by atoms with E-state index < -0.39 is 0 Å². The summed E-state index contributed by atoms with van der Waals surface area (Å²) in [4.78, 5) is 4.20. The zero-order valence-corrected chi connectivity index (χ0v) is 7.40. The maximum atomic E-state index is 4.20. The molecule has 54 valence electrons. The van der Waals surface area contributed by atoms with Crippen LogP contribution >= 0.6 is 11.8 Å². The molecule has 0 heterocycles. The van der Waals surface area contributed by atoms with Gasteiger partial charge in [0.05, 0.1) is 5.55 Å². The normalized spacial score (nSPS) is 12.2. The zero-order valence-electron chi connectivity index (χ0n) is 6.59. The van der Waals surface area contributed by atoms with Gasteiger partial charge in [0, 0.05) is 11.3 Å². The van der Waals surface area contributed by atoms with E-state index in [9.17, 15) is 0 Å². The highest BCUT2D eigenvalue weighted by Gasteiger charge is 1.88. The van der Waals surface area contributed by atoms with Gasteiger partial charge in [-0.05, 0) is 13.8 Å². The van der Waals surface area contributed by atoms with Crippen LogP contribution in [0.1, 0.15) is 27.7 Å². The average Bonchev–Trinajstić information content (AvgIpc) is 1.63. The third-order valence-electron chi connectivity index (χ3n) is 0.692. The molecule has 0 aliphatic heterocycles. The first-order chi connectivity index (χ1) is 4.13. The summed E-state index contributed by atoms with van der Waals surface area (Å²) < 4.78 is 0. The SMILES string of the molecule is CC(C)N=CSC(C)C. The fourth-order valence-corrected chi connectivity index (χ4v) is 0.836. The second-order valence-electron chi connectivity index (χ2n) is 2.53. The van der Waals surface area contributed by atoms with Gasteiger partial charge in [0.1, 0.15) is 0 Å². The van der Waals surface area contributed by atoms with Crippen LogP contribution in [0.25, 0.3) is 0 Å². The summed E-state index contributed by atoms with van der Waals surface area (Å²) in [5.74, 6) is 0. The molecule has 0 amide bonds. The maximum Gasteiger partial charge on any atom is 0.0546 e. The molecule has 0 spiro atoms. The summed E-state index contributed by atoms with van der Waals surface area (Å²) >= 11 is 1.77. The molecule has 0 aliphatic carbocycles. The van der Waals surface area contributed by atoms with E-state index in [1.165, 1.54) is 0 Å². The monoisotopic (exact) mass is 145 g/mol. The highest BCUT2D eigenvalue weighted by Crippen LogP contribution is 2.04. The number of rotatable bonds is 3. The van der Waals surface area contributed by atoms with Gasteiger partial charge in [0.15, 0.2) is 0 Å². The summed E-state index contributed by atoms with van der Waals surface area (Å²) in [7, 11) is 0. The Bertz CT molecular complexity index is 86.9. The lowest BCUT2D eigenvalue weighted by Crippen LogP contribution is -1.90. The van der Waals surface area contributed by atoms with Crippen LogP contribution in [0.2, 0.25) is 0 Å². The third-order valence-corrected chi connectivity index (χ3v) is 1.48. The fourth-order valence-electron chi connectivity index (χ4n) is 0.279. The minimum Gasteiger partial charge on any atom is -0.284 e. The zero-order chi connectivity index (χ0) is 7.28. The molecule has 0 rings (SSSR count). The van der Waals surface area contributed by atoms with Crippen molar-refractivity contribution in [2.24, 2.45) is 4.99 Å². The summed E-state index contributed by atoms with van der Waals surface area (Å²) in [6, 6.07) is 0.441. The van der Waals surface area contributed by atoms with Crippen LogP contribution in [0, 0.1) is 0 Å². The van der Waals surface area contributed by atoms with Crippen molar-refractivity contribution in [3.63, 3.8) is 0 Å². The molecule has 0 atom stereocenters. The van der Waals surface area contributed by atoms with Gasteiger partial charge in [0.25, 0.3) is 0 Å². The molecule has 0 aliphatic rings. The molecule has 0 radical (unpaired) electrons. The summed E-state index contributed by atoms with van der Waals surface area (Å²) in [6.07, 6.45) is 0. The lowest BCUT2D eigenvalue weighted by molar-refractivity contribution is 0.843. The molecular formula is C7H15NS. The van der Waals surface area contributed by atoms with Crippen LogP contribution in [0.5, 0.6) is 0 Å². The van der Waals surface area contributed by atoms with Crippen LogP contribution in [0.4, 0.5) is 0 Å². The van der Waals surface area contributed by atoms with E-state index in [2.05, 4.69) is 32.7 Å². The Kier molecular flexibility index (Phi) is 4.87. The molecule has 0 saturated carbocycles. The summed E-state index contributed by atoms with van der Waals surface area (Å²) in [5.41, 5.74) is 1.94. The lowest BCUT2D eigenvalue weighted by atomic mass is 10.4. The molecule has 1 nitrogen and oxygen atoms in total. The van der Waals surface area contributed by atoms with E-state index in [1.54, 1.807) is 11.8 Å². The van der Waals surface area contributed by atoms with Crippen molar-refractivity contribution in [1.29, 1.82) is 0 Å².